The average Bonchev–Trinajstić information content (AvgIpc) is 3.10. The van der Waals surface area contributed by atoms with E-state index in [1.165, 1.54) is 0 Å². The number of hydrogen-bond acceptors (Lipinski definition) is 5. The molecule has 0 bridgehead atoms. The summed E-state index contributed by atoms with van der Waals surface area (Å²) in [6, 6.07) is 9.82. The molecule has 0 amide bonds. The van der Waals surface area contributed by atoms with E-state index >= 15 is 0 Å². The molecule has 5 heteroatoms. The number of benzene rings is 1. The second-order valence-corrected chi connectivity index (χ2v) is 4.83. The summed E-state index contributed by atoms with van der Waals surface area (Å²) in [4.78, 5) is 4.42. The Hall–Kier alpha value is -1.72. The number of hydrogen-bond donors (Lipinski definition) is 1. The van der Waals surface area contributed by atoms with Crippen LogP contribution in [0.25, 0.3) is 0 Å². The van der Waals surface area contributed by atoms with Crippen LogP contribution in [0.4, 0.5) is 0 Å². The molecule has 1 aromatic heterocycles. The van der Waals surface area contributed by atoms with Gasteiger partial charge in [0.05, 0.1) is 6.61 Å². The minimum Gasteiger partial charge on any atom is -0.381 e. The van der Waals surface area contributed by atoms with Crippen molar-refractivity contribution in [2.24, 2.45) is 5.73 Å². The van der Waals surface area contributed by atoms with Gasteiger partial charge in [-0.2, -0.15) is 4.98 Å². The summed E-state index contributed by atoms with van der Waals surface area (Å²) in [5, 5.41) is 4.02. The lowest BCUT2D eigenvalue weighted by molar-refractivity contribution is 0.192. The van der Waals surface area contributed by atoms with E-state index in [9.17, 15) is 0 Å². The predicted octanol–water partition coefficient (Wildman–Crippen LogP) is 1.82. The fraction of sp³-hybridized carbons (Fsp3) is 0.429. The van der Waals surface area contributed by atoms with E-state index in [1.807, 2.05) is 30.3 Å². The highest BCUT2D eigenvalue weighted by molar-refractivity contribution is 5.19. The highest BCUT2D eigenvalue weighted by atomic mass is 16.5. The number of rotatable bonds is 4. The Morgan fingerprint density at radius 3 is 2.89 bits per heavy atom. The van der Waals surface area contributed by atoms with Gasteiger partial charge in [0.15, 0.2) is 5.82 Å². The molecule has 19 heavy (non-hydrogen) atoms. The summed E-state index contributed by atoms with van der Waals surface area (Å²) >= 11 is 0. The molecule has 2 aromatic rings. The molecule has 1 saturated heterocycles. The number of aromatic nitrogens is 2. The fourth-order valence-electron chi connectivity index (χ4n) is 2.26. The van der Waals surface area contributed by atoms with Gasteiger partial charge in [-0.25, -0.2) is 0 Å². The zero-order valence-corrected chi connectivity index (χ0v) is 10.7. The lowest BCUT2D eigenvalue weighted by Crippen LogP contribution is -2.13. The van der Waals surface area contributed by atoms with Crippen molar-refractivity contribution in [3.05, 3.63) is 47.6 Å². The Kier molecular flexibility index (Phi) is 3.57. The monoisotopic (exact) mass is 259 g/mol. The van der Waals surface area contributed by atoms with E-state index in [1.54, 1.807) is 0 Å². The summed E-state index contributed by atoms with van der Waals surface area (Å²) in [7, 11) is 0. The maximum Gasteiger partial charge on any atom is 0.228 e. The molecule has 1 aromatic carbocycles. The first-order valence-electron chi connectivity index (χ1n) is 6.53. The van der Waals surface area contributed by atoms with Crippen molar-refractivity contribution in [2.45, 2.75) is 24.8 Å². The molecule has 0 radical (unpaired) electrons. The molecule has 2 atom stereocenters. The van der Waals surface area contributed by atoms with Gasteiger partial charge in [0.2, 0.25) is 5.89 Å². The number of nitrogens with two attached hydrogens (primary N) is 1. The third kappa shape index (κ3) is 2.83. The topological polar surface area (TPSA) is 74.2 Å². The van der Waals surface area contributed by atoms with Crippen LogP contribution in [0.1, 0.15) is 35.7 Å². The maximum atomic E-state index is 6.14. The largest absolute Gasteiger partial charge is 0.381 e. The van der Waals surface area contributed by atoms with Gasteiger partial charge in [-0.3, -0.25) is 0 Å². The minimum absolute atomic E-state index is 0.116. The smallest absolute Gasteiger partial charge is 0.228 e. The van der Waals surface area contributed by atoms with Crippen LogP contribution in [0.15, 0.2) is 34.9 Å². The third-order valence-electron chi connectivity index (χ3n) is 3.40. The normalized spacial score (nSPS) is 20.6. The summed E-state index contributed by atoms with van der Waals surface area (Å²) in [6.45, 7) is 1.46. The third-order valence-corrected chi connectivity index (χ3v) is 3.40. The Morgan fingerprint density at radius 2 is 2.16 bits per heavy atom. The van der Waals surface area contributed by atoms with Gasteiger partial charge >= 0.3 is 0 Å². The van der Waals surface area contributed by atoms with E-state index in [0.29, 0.717) is 18.9 Å². The highest BCUT2D eigenvalue weighted by Gasteiger charge is 2.23. The molecular formula is C14H17N3O2. The van der Waals surface area contributed by atoms with Crippen molar-refractivity contribution in [3.63, 3.8) is 0 Å². The van der Waals surface area contributed by atoms with Crippen LogP contribution in [0, 0.1) is 0 Å². The average molecular weight is 259 g/mol. The predicted molar refractivity (Wildman–Crippen MR) is 69.5 cm³/mol. The first kappa shape index (κ1) is 12.3. The van der Waals surface area contributed by atoms with Gasteiger partial charge in [-0.1, -0.05) is 35.5 Å². The van der Waals surface area contributed by atoms with Crippen molar-refractivity contribution < 1.29 is 9.26 Å². The molecular weight excluding hydrogens is 242 g/mol. The van der Waals surface area contributed by atoms with E-state index in [-0.39, 0.29) is 12.0 Å². The molecule has 3 rings (SSSR count). The minimum atomic E-state index is -0.116. The Labute approximate surface area is 111 Å². The fourth-order valence-corrected chi connectivity index (χ4v) is 2.26. The zero-order valence-electron chi connectivity index (χ0n) is 10.7. The van der Waals surface area contributed by atoms with Crippen LogP contribution in [-0.2, 0) is 11.2 Å². The van der Waals surface area contributed by atoms with Gasteiger partial charge in [0.25, 0.3) is 0 Å². The quantitative estimate of drug-likeness (QED) is 0.906. The molecule has 1 aliphatic heterocycles. The zero-order chi connectivity index (χ0) is 13.1. The van der Waals surface area contributed by atoms with E-state index in [2.05, 4.69) is 10.1 Å². The van der Waals surface area contributed by atoms with Crippen molar-refractivity contribution >= 4 is 0 Å². The van der Waals surface area contributed by atoms with Crippen LogP contribution in [0.5, 0.6) is 0 Å². The summed E-state index contributed by atoms with van der Waals surface area (Å²) in [6.07, 6.45) is 1.52. The molecule has 2 heterocycles. The van der Waals surface area contributed by atoms with E-state index in [4.69, 9.17) is 15.0 Å². The van der Waals surface area contributed by atoms with Gasteiger partial charge in [0.1, 0.15) is 0 Å². The summed E-state index contributed by atoms with van der Waals surface area (Å²) in [5.74, 6) is 1.61. The molecule has 0 spiro atoms. The van der Waals surface area contributed by atoms with Crippen LogP contribution < -0.4 is 5.73 Å². The van der Waals surface area contributed by atoms with Crippen LogP contribution in [0.2, 0.25) is 0 Å². The molecule has 0 saturated carbocycles. The maximum absolute atomic E-state index is 6.14. The Balaban J connectivity index is 1.66. The molecule has 2 unspecified atom stereocenters. The summed E-state index contributed by atoms with van der Waals surface area (Å²) in [5.41, 5.74) is 7.21. The Bertz CT molecular complexity index is 520. The first-order valence-corrected chi connectivity index (χ1v) is 6.53. The van der Waals surface area contributed by atoms with E-state index < -0.39 is 0 Å². The summed E-state index contributed by atoms with van der Waals surface area (Å²) < 4.78 is 10.6. The van der Waals surface area contributed by atoms with Crippen LogP contribution >= 0.6 is 0 Å². The molecule has 2 N–H and O–H groups in total. The van der Waals surface area contributed by atoms with Crippen LogP contribution in [-0.4, -0.2) is 23.4 Å². The number of ether oxygens (including phenoxy) is 1. The van der Waals surface area contributed by atoms with Crippen molar-refractivity contribution in [1.29, 1.82) is 0 Å². The van der Waals surface area contributed by atoms with Crippen molar-refractivity contribution in [3.8, 4) is 0 Å². The van der Waals surface area contributed by atoms with Crippen molar-refractivity contribution in [2.75, 3.05) is 13.2 Å². The van der Waals surface area contributed by atoms with Gasteiger partial charge in [-0.15, -0.1) is 0 Å². The second kappa shape index (κ2) is 5.50. The first-order chi connectivity index (χ1) is 9.33. The standard InChI is InChI=1S/C14H17N3O2/c15-12(10-4-2-1-3-5-10)8-13-16-14(17-19-13)11-6-7-18-9-11/h1-5,11-12H,6-9,15H2. The number of nitrogens with zero attached hydrogens (tertiary/aromatic N) is 2. The molecule has 5 nitrogen and oxygen atoms in total. The lowest BCUT2D eigenvalue weighted by Gasteiger charge is -2.08. The van der Waals surface area contributed by atoms with Gasteiger partial charge < -0.3 is 15.0 Å². The molecule has 1 aliphatic rings. The van der Waals surface area contributed by atoms with Crippen LogP contribution in [0.3, 0.4) is 0 Å². The lowest BCUT2D eigenvalue weighted by atomic mass is 10.1. The van der Waals surface area contributed by atoms with Crippen molar-refractivity contribution in [1.82, 2.24) is 10.1 Å². The second-order valence-electron chi connectivity index (χ2n) is 4.83. The highest BCUT2D eigenvalue weighted by Crippen LogP contribution is 2.23. The molecule has 1 fully saturated rings. The molecule has 0 aliphatic carbocycles. The molecule has 100 valence electrons. The van der Waals surface area contributed by atoms with Gasteiger partial charge in [-0.05, 0) is 12.0 Å². The van der Waals surface area contributed by atoms with E-state index in [0.717, 1.165) is 24.4 Å². The SMILES string of the molecule is NC(Cc1nc(C2CCOC2)no1)c1ccccc1. The Morgan fingerprint density at radius 1 is 1.32 bits per heavy atom. The van der Waals surface area contributed by atoms with Gasteiger partial charge in [0, 0.05) is 25.0 Å².